The third kappa shape index (κ3) is 8.18. The van der Waals surface area contributed by atoms with Crippen LogP contribution in [0, 0.1) is 11.8 Å². The molecule has 0 radical (unpaired) electrons. The summed E-state index contributed by atoms with van der Waals surface area (Å²) in [5.74, 6) is 1.05. The molecule has 0 atom stereocenters. The van der Waals surface area contributed by atoms with Crippen molar-refractivity contribution in [3.8, 4) is 0 Å². The minimum atomic E-state index is -0.591. The van der Waals surface area contributed by atoms with Gasteiger partial charge in [0.05, 0.1) is 6.54 Å². The summed E-state index contributed by atoms with van der Waals surface area (Å²) in [6.45, 7) is 7.38. The molecule has 2 aliphatic rings. The van der Waals surface area contributed by atoms with Gasteiger partial charge in [0.25, 0.3) is 0 Å². The van der Waals surface area contributed by atoms with Crippen molar-refractivity contribution in [1.29, 1.82) is 0 Å². The molecule has 154 valence electrons. The van der Waals surface area contributed by atoms with Gasteiger partial charge in [0.1, 0.15) is 5.60 Å². The minimum absolute atomic E-state index is 0.0897. The number of alkyl carbamates (subject to hydrolysis) is 1. The highest BCUT2D eigenvalue weighted by Gasteiger charge is 2.26. The lowest BCUT2D eigenvalue weighted by atomic mass is 9.95. The first-order valence-corrected chi connectivity index (χ1v) is 10.2. The Morgan fingerprint density at radius 2 is 1.59 bits per heavy atom. The van der Waals surface area contributed by atoms with Gasteiger partial charge >= 0.3 is 6.09 Å². The number of nitrogens with one attached hydrogen (secondary N) is 2. The van der Waals surface area contributed by atoms with E-state index in [2.05, 4.69) is 10.6 Å². The molecular weight excluding hydrogens is 346 g/mol. The van der Waals surface area contributed by atoms with E-state index in [1.165, 1.54) is 25.7 Å². The molecule has 1 aliphatic carbocycles. The SMILES string of the molecule is CC(C)(C)OC(=O)NCC(=O)NCC1CCN(C(=O)CC2CCCC2)CC1. The molecule has 2 fully saturated rings. The predicted molar refractivity (Wildman–Crippen MR) is 103 cm³/mol. The highest BCUT2D eigenvalue weighted by molar-refractivity contribution is 5.82. The first-order chi connectivity index (χ1) is 12.7. The smallest absolute Gasteiger partial charge is 0.408 e. The Balaban J connectivity index is 1.58. The van der Waals surface area contributed by atoms with Gasteiger partial charge in [-0.1, -0.05) is 12.8 Å². The molecule has 1 aliphatic heterocycles. The van der Waals surface area contributed by atoms with E-state index in [9.17, 15) is 14.4 Å². The summed E-state index contributed by atoms with van der Waals surface area (Å²) in [6, 6.07) is 0. The average Bonchev–Trinajstić information content (AvgIpc) is 3.10. The number of likely N-dealkylation sites (tertiary alicyclic amines) is 1. The fraction of sp³-hybridized carbons (Fsp3) is 0.850. The zero-order chi connectivity index (χ0) is 19.9. The van der Waals surface area contributed by atoms with Gasteiger partial charge in [0.2, 0.25) is 11.8 Å². The number of hydrogen-bond acceptors (Lipinski definition) is 4. The van der Waals surface area contributed by atoms with E-state index < -0.39 is 11.7 Å². The normalized spacial score (nSPS) is 19.0. The van der Waals surface area contributed by atoms with Crippen LogP contribution in [0.2, 0.25) is 0 Å². The standard InChI is InChI=1S/C20H35N3O4/c1-20(2,3)27-19(26)22-14-17(24)21-13-16-8-10-23(11-9-16)18(25)12-15-6-4-5-7-15/h15-16H,4-14H2,1-3H3,(H,21,24)(H,22,26). The summed E-state index contributed by atoms with van der Waals surface area (Å²) >= 11 is 0. The molecule has 0 aromatic rings. The van der Waals surface area contributed by atoms with E-state index in [4.69, 9.17) is 4.74 Å². The zero-order valence-electron chi connectivity index (χ0n) is 17.0. The number of piperidine rings is 1. The number of rotatable bonds is 6. The van der Waals surface area contributed by atoms with Gasteiger partial charge in [-0.2, -0.15) is 0 Å². The zero-order valence-corrected chi connectivity index (χ0v) is 17.0. The Labute approximate surface area is 162 Å². The van der Waals surface area contributed by atoms with Crippen LogP contribution >= 0.6 is 0 Å². The highest BCUT2D eigenvalue weighted by Crippen LogP contribution is 2.28. The quantitative estimate of drug-likeness (QED) is 0.740. The van der Waals surface area contributed by atoms with Crippen LogP contribution < -0.4 is 10.6 Å². The van der Waals surface area contributed by atoms with Gasteiger partial charge in [-0.05, 0) is 58.3 Å². The minimum Gasteiger partial charge on any atom is -0.444 e. The van der Waals surface area contributed by atoms with Gasteiger partial charge in [-0.3, -0.25) is 9.59 Å². The van der Waals surface area contributed by atoms with Crippen molar-refractivity contribution in [2.75, 3.05) is 26.2 Å². The maximum atomic E-state index is 12.4. The summed E-state index contributed by atoms with van der Waals surface area (Å²) < 4.78 is 5.10. The monoisotopic (exact) mass is 381 g/mol. The summed E-state index contributed by atoms with van der Waals surface area (Å²) in [4.78, 5) is 37.8. The van der Waals surface area contributed by atoms with Crippen LogP contribution in [-0.4, -0.2) is 54.6 Å². The first kappa shape index (κ1) is 21.5. The maximum Gasteiger partial charge on any atom is 0.408 e. The van der Waals surface area contributed by atoms with Crippen LogP contribution in [-0.2, 0) is 14.3 Å². The molecule has 2 rings (SSSR count). The average molecular weight is 382 g/mol. The van der Waals surface area contributed by atoms with Crippen molar-refractivity contribution < 1.29 is 19.1 Å². The van der Waals surface area contributed by atoms with E-state index in [1.807, 2.05) is 4.90 Å². The third-order valence-electron chi connectivity index (χ3n) is 5.29. The Bertz CT molecular complexity index is 516. The van der Waals surface area contributed by atoms with Gasteiger partial charge in [-0.15, -0.1) is 0 Å². The second-order valence-corrected chi connectivity index (χ2v) is 8.84. The van der Waals surface area contributed by atoms with Gasteiger partial charge in [0.15, 0.2) is 0 Å². The van der Waals surface area contributed by atoms with Crippen molar-refractivity contribution >= 4 is 17.9 Å². The van der Waals surface area contributed by atoms with Gasteiger partial charge in [0, 0.05) is 26.1 Å². The molecule has 1 saturated heterocycles. The Hall–Kier alpha value is -1.79. The fourth-order valence-corrected chi connectivity index (χ4v) is 3.76. The molecule has 0 spiro atoms. The Morgan fingerprint density at radius 1 is 0.963 bits per heavy atom. The van der Waals surface area contributed by atoms with Crippen LogP contribution in [0.1, 0.15) is 65.7 Å². The summed E-state index contributed by atoms with van der Waals surface area (Å²) in [5.41, 5.74) is -0.580. The molecule has 27 heavy (non-hydrogen) atoms. The highest BCUT2D eigenvalue weighted by atomic mass is 16.6. The first-order valence-electron chi connectivity index (χ1n) is 10.2. The fourth-order valence-electron chi connectivity index (χ4n) is 3.76. The van der Waals surface area contributed by atoms with Crippen LogP contribution in [0.3, 0.4) is 0 Å². The predicted octanol–water partition coefficient (Wildman–Crippen LogP) is 2.45. The van der Waals surface area contributed by atoms with Crippen molar-refractivity contribution in [1.82, 2.24) is 15.5 Å². The number of hydrogen-bond donors (Lipinski definition) is 2. The molecule has 3 amide bonds. The molecule has 7 nitrogen and oxygen atoms in total. The number of amides is 3. The van der Waals surface area contributed by atoms with Crippen LogP contribution in [0.25, 0.3) is 0 Å². The third-order valence-corrected chi connectivity index (χ3v) is 5.29. The number of carbonyl (C=O) groups is 3. The van der Waals surface area contributed by atoms with Crippen LogP contribution in [0.15, 0.2) is 0 Å². The van der Waals surface area contributed by atoms with Crippen LogP contribution in [0.5, 0.6) is 0 Å². The molecule has 1 saturated carbocycles. The molecule has 2 N–H and O–H groups in total. The lowest BCUT2D eigenvalue weighted by Gasteiger charge is -2.32. The van der Waals surface area contributed by atoms with Crippen molar-refractivity contribution in [2.24, 2.45) is 11.8 Å². The van der Waals surface area contributed by atoms with E-state index in [1.54, 1.807) is 20.8 Å². The molecular formula is C20H35N3O4. The van der Waals surface area contributed by atoms with Crippen molar-refractivity contribution in [3.05, 3.63) is 0 Å². The molecule has 0 aromatic heterocycles. The number of carbonyl (C=O) groups excluding carboxylic acids is 3. The summed E-state index contributed by atoms with van der Waals surface area (Å²) in [7, 11) is 0. The molecule has 0 aromatic carbocycles. The van der Waals surface area contributed by atoms with Crippen LogP contribution in [0.4, 0.5) is 4.79 Å². The molecule has 1 heterocycles. The second-order valence-electron chi connectivity index (χ2n) is 8.84. The number of nitrogens with zero attached hydrogens (tertiary/aromatic N) is 1. The van der Waals surface area contributed by atoms with E-state index in [-0.39, 0.29) is 12.5 Å². The summed E-state index contributed by atoms with van der Waals surface area (Å²) in [6.07, 6.45) is 6.87. The molecule has 7 heteroatoms. The summed E-state index contributed by atoms with van der Waals surface area (Å²) in [5, 5.41) is 5.32. The lowest BCUT2D eigenvalue weighted by Crippen LogP contribution is -2.44. The van der Waals surface area contributed by atoms with Gasteiger partial charge < -0.3 is 20.3 Å². The lowest BCUT2D eigenvalue weighted by molar-refractivity contribution is -0.133. The van der Waals surface area contributed by atoms with E-state index in [0.717, 1.165) is 25.9 Å². The van der Waals surface area contributed by atoms with Crippen molar-refractivity contribution in [3.63, 3.8) is 0 Å². The molecule has 0 unspecified atom stereocenters. The van der Waals surface area contributed by atoms with Crippen molar-refractivity contribution in [2.45, 2.75) is 71.3 Å². The maximum absolute atomic E-state index is 12.4. The topological polar surface area (TPSA) is 87.7 Å². The van der Waals surface area contributed by atoms with Gasteiger partial charge in [-0.25, -0.2) is 4.79 Å². The second kappa shape index (κ2) is 9.95. The van der Waals surface area contributed by atoms with E-state index >= 15 is 0 Å². The molecule has 0 bridgehead atoms. The largest absolute Gasteiger partial charge is 0.444 e. The van der Waals surface area contributed by atoms with E-state index in [0.29, 0.717) is 30.7 Å². The Kier molecular flexibility index (Phi) is 7.92. The number of ether oxygens (including phenoxy) is 1. The Morgan fingerprint density at radius 3 is 2.19 bits per heavy atom.